The average molecular weight is 499 g/mol. The van der Waals surface area contributed by atoms with Gasteiger partial charge in [-0.3, -0.25) is 10.1 Å². The Bertz CT molecular complexity index is 1670. The SMILES string of the molecule is O=S(=O)(Cc1ccc(F)c(-c2ccc3c(-c4ncc[nH]4)[nH]nc3c2F)c1F)c1cccnc1CO. The number of aromatic amines is 2. The Morgan fingerprint density at radius 2 is 1.80 bits per heavy atom. The van der Waals surface area contributed by atoms with E-state index in [9.17, 15) is 17.9 Å². The number of aliphatic hydroxyl groups is 1. The van der Waals surface area contributed by atoms with Crippen molar-refractivity contribution in [2.45, 2.75) is 17.3 Å². The molecular weight excluding hydrogens is 483 g/mol. The zero-order chi connectivity index (χ0) is 24.7. The van der Waals surface area contributed by atoms with Crippen LogP contribution in [-0.2, 0) is 22.2 Å². The largest absolute Gasteiger partial charge is 0.390 e. The highest BCUT2D eigenvalue weighted by molar-refractivity contribution is 7.90. The van der Waals surface area contributed by atoms with Gasteiger partial charge in [-0.2, -0.15) is 5.10 Å². The summed E-state index contributed by atoms with van der Waals surface area (Å²) >= 11 is 0. The van der Waals surface area contributed by atoms with Crippen LogP contribution in [0.3, 0.4) is 0 Å². The number of benzene rings is 2. The third-order valence-electron chi connectivity index (χ3n) is 5.52. The lowest BCUT2D eigenvalue weighted by Crippen LogP contribution is -2.11. The molecule has 0 aliphatic carbocycles. The van der Waals surface area contributed by atoms with E-state index in [4.69, 9.17) is 0 Å². The van der Waals surface area contributed by atoms with Crippen LogP contribution in [0.4, 0.5) is 13.2 Å². The molecular formula is C23H16F3N5O3S. The van der Waals surface area contributed by atoms with Gasteiger partial charge in [0.15, 0.2) is 21.5 Å². The Morgan fingerprint density at radius 1 is 0.971 bits per heavy atom. The highest BCUT2D eigenvalue weighted by Crippen LogP contribution is 2.36. The van der Waals surface area contributed by atoms with Crippen molar-refractivity contribution in [2.24, 2.45) is 0 Å². The lowest BCUT2D eigenvalue weighted by molar-refractivity contribution is 0.273. The fourth-order valence-corrected chi connectivity index (χ4v) is 5.43. The highest BCUT2D eigenvalue weighted by atomic mass is 32.2. The summed E-state index contributed by atoms with van der Waals surface area (Å²) in [5, 5.41) is 16.3. The highest BCUT2D eigenvalue weighted by Gasteiger charge is 2.26. The molecule has 3 N–H and O–H groups in total. The predicted molar refractivity (Wildman–Crippen MR) is 120 cm³/mol. The lowest BCUT2D eigenvalue weighted by Gasteiger charge is -2.12. The van der Waals surface area contributed by atoms with E-state index in [0.717, 1.165) is 12.1 Å². The first-order valence-electron chi connectivity index (χ1n) is 10.2. The van der Waals surface area contributed by atoms with Gasteiger partial charge in [0.25, 0.3) is 0 Å². The number of fused-ring (bicyclic) bond motifs is 1. The van der Waals surface area contributed by atoms with E-state index in [1.807, 2.05) is 0 Å². The van der Waals surface area contributed by atoms with Crippen molar-refractivity contribution >= 4 is 20.7 Å². The van der Waals surface area contributed by atoms with Crippen molar-refractivity contribution in [1.29, 1.82) is 0 Å². The minimum Gasteiger partial charge on any atom is -0.390 e. The molecule has 0 atom stereocenters. The minimum atomic E-state index is -4.16. The summed E-state index contributed by atoms with van der Waals surface area (Å²) < 4.78 is 71.5. The summed E-state index contributed by atoms with van der Waals surface area (Å²) in [7, 11) is -4.16. The molecule has 0 unspecified atom stereocenters. The van der Waals surface area contributed by atoms with Gasteiger partial charge < -0.3 is 10.1 Å². The smallest absolute Gasteiger partial charge is 0.184 e. The second kappa shape index (κ2) is 8.64. The molecule has 12 heteroatoms. The van der Waals surface area contributed by atoms with Crippen LogP contribution in [0.15, 0.2) is 59.9 Å². The van der Waals surface area contributed by atoms with Crippen molar-refractivity contribution in [1.82, 2.24) is 25.1 Å². The van der Waals surface area contributed by atoms with Crippen LogP contribution < -0.4 is 0 Å². The molecule has 2 aromatic carbocycles. The number of aliphatic hydroxyl groups excluding tert-OH is 1. The van der Waals surface area contributed by atoms with Gasteiger partial charge in [-0.05, 0) is 24.3 Å². The first-order chi connectivity index (χ1) is 16.8. The Labute approximate surface area is 196 Å². The van der Waals surface area contributed by atoms with Gasteiger partial charge in [-0.1, -0.05) is 12.1 Å². The monoisotopic (exact) mass is 499 g/mol. The van der Waals surface area contributed by atoms with Gasteiger partial charge in [0.2, 0.25) is 0 Å². The van der Waals surface area contributed by atoms with E-state index in [2.05, 4.69) is 25.1 Å². The number of hydrogen-bond acceptors (Lipinski definition) is 6. The van der Waals surface area contributed by atoms with Gasteiger partial charge in [-0.25, -0.2) is 26.6 Å². The standard InChI is InChI=1S/C23H16F3N5O3S/c24-15-6-3-12(11-35(33,34)17-2-1-7-27-16(17)10-32)19(25)18(15)13-4-5-14-21(20(13)26)30-31-22(14)23-28-8-9-29-23/h1-9,32H,10-11H2,(H,28,29)(H,30,31). The molecule has 0 aliphatic heterocycles. The molecule has 5 rings (SSSR count). The molecule has 0 saturated carbocycles. The molecule has 3 heterocycles. The molecule has 35 heavy (non-hydrogen) atoms. The molecule has 5 aromatic rings. The molecule has 178 valence electrons. The number of sulfone groups is 1. The molecule has 0 saturated heterocycles. The van der Waals surface area contributed by atoms with Crippen LogP contribution in [0.25, 0.3) is 33.5 Å². The second-order valence-electron chi connectivity index (χ2n) is 7.62. The van der Waals surface area contributed by atoms with Gasteiger partial charge in [-0.15, -0.1) is 0 Å². The Morgan fingerprint density at radius 3 is 2.54 bits per heavy atom. The number of aromatic nitrogens is 5. The molecule has 0 spiro atoms. The Kier molecular flexibility index (Phi) is 5.61. The number of hydrogen-bond donors (Lipinski definition) is 3. The maximum atomic E-state index is 15.5. The minimum absolute atomic E-state index is 0.0994. The molecule has 0 amide bonds. The van der Waals surface area contributed by atoms with Crippen molar-refractivity contribution in [3.63, 3.8) is 0 Å². The summed E-state index contributed by atoms with van der Waals surface area (Å²) in [4.78, 5) is 10.5. The van der Waals surface area contributed by atoms with Gasteiger partial charge in [0.1, 0.15) is 22.8 Å². The van der Waals surface area contributed by atoms with E-state index in [1.54, 1.807) is 6.20 Å². The van der Waals surface area contributed by atoms with Crippen molar-refractivity contribution in [2.75, 3.05) is 0 Å². The summed E-state index contributed by atoms with van der Waals surface area (Å²) in [6, 6.07) is 7.11. The molecule has 8 nitrogen and oxygen atoms in total. The number of halogens is 3. The molecule has 0 bridgehead atoms. The van der Waals surface area contributed by atoms with E-state index in [0.29, 0.717) is 16.9 Å². The third kappa shape index (κ3) is 3.86. The zero-order valence-corrected chi connectivity index (χ0v) is 18.6. The van der Waals surface area contributed by atoms with E-state index in [1.165, 1.54) is 36.7 Å². The molecule has 0 fully saturated rings. The summed E-state index contributed by atoms with van der Waals surface area (Å²) in [5.74, 6) is -3.71. The van der Waals surface area contributed by atoms with Crippen LogP contribution in [0, 0.1) is 17.5 Å². The van der Waals surface area contributed by atoms with E-state index >= 15 is 8.78 Å². The summed E-state index contributed by atoms with van der Waals surface area (Å²) in [5.41, 5.74) is -1.36. The number of H-pyrrole nitrogens is 2. The van der Waals surface area contributed by atoms with Gasteiger partial charge >= 0.3 is 0 Å². The number of imidazole rings is 1. The third-order valence-corrected chi connectivity index (χ3v) is 7.25. The lowest BCUT2D eigenvalue weighted by atomic mass is 9.99. The van der Waals surface area contributed by atoms with Crippen molar-refractivity contribution in [3.8, 4) is 22.6 Å². The average Bonchev–Trinajstić information content (AvgIpc) is 3.52. The van der Waals surface area contributed by atoms with Crippen LogP contribution in [0.1, 0.15) is 11.3 Å². The number of nitrogens with one attached hydrogen (secondary N) is 2. The maximum Gasteiger partial charge on any atom is 0.184 e. The molecule has 0 radical (unpaired) electrons. The van der Waals surface area contributed by atoms with E-state index in [-0.39, 0.29) is 21.7 Å². The zero-order valence-electron chi connectivity index (χ0n) is 17.8. The predicted octanol–water partition coefficient (Wildman–Crippen LogP) is 3.90. The molecule has 3 aromatic heterocycles. The van der Waals surface area contributed by atoms with Gasteiger partial charge in [0.05, 0.1) is 28.5 Å². The first kappa shape index (κ1) is 22.7. The fraction of sp³-hybridized carbons (Fsp3) is 0.0870. The Hall–Kier alpha value is -4.03. The maximum absolute atomic E-state index is 15.5. The fourth-order valence-electron chi connectivity index (χ4n) is 3.88. The van der Waals surface area contributed by atoms with Crippen molar-refractivity contribution < 1.29 is 26.7 Å². The topological polar surface area (TPSA) is 125 Å². The Balaban J connectivity index is 1.60. The number of nitrogens with zero attached hydrogens (tertiary/aromatic N) is 3. The van der Waals surface area contributed by atoms with Crippen molar-refractivity contribution in [3.05, 3.63) is 83.7 Å². The molecule has 0 aliphatic rings. The number of rotatable bonds is 6. The second-order valence-corrected chi connectivity index (χ2v) is 9.58. The quantitative estimate of drug-likeness (QED) is 0.326. The summed E-state index contributed by atoms with van der Waals surface area (Å²) in [6.07, 6.45) is 4.39. The van der Waals surface area contributed by atoms with Gasteiger partial charge in [0, 0.05) is 35.1 Å². The van der Waals surface area contributed by atoms with Crippen LogP contribution in [-0.4, -0.2) is 38.7 Å². The van der Waals surface area contributed by atoms with E-state index < -0.39 is 50.8 Å². The normalized spacial score (nSPS) is 11.9. The van der Waals surface area contributed by atoms with Crippen LogP contribution in [0.5, 0.6) is 0 Å². The number of pyridine rings is 1. The van der Waals surface area contributed by atoms with Crippen LogP contribution >= 0.6 is 0 Å². The summed E-state index contributed by atoms with van der Waals surface area (Å²) in [6.45, 7) is -0.637. The van der Waals surface area contributed by atoms with Crippen LogP contribution in [0.2, 0.25) is 0 Å². The first-order valence-corrected chi connectivity index (χ1v) is 11.9.